The second kappa shape index (κ2) is 9.64. The lowest BCUT2D eigenvalue weighted by Gasteiger charge is -2.23. The van der Waals surface area contributed by atoms with E-state index >= 15 is 0 Å². The summed E-state index contributed by atoms with van der Waals surface area (Å²) in [5, 5.41) is 0. The molecule has 2 fully saturated rings. The van der Waals surface area contributed by atoms with Crippen molar-refractivity contribution >= 4 is 5.69 Å². The summed E-state index contributed by atoms with van der Waals surface area (Å²) in [5.41, 5.74) is 21.8. The number of nitrogen functional groups attached to an aromatic ring is 1. The van der Waals surface area contributed by atoms with Gasteiger partial charge in [0.2, 0.25) is 0 Å². The van der Waals surface area contributed by atoms with Crippen molar-refractivity contribution in [3.8, 4) is 5.75 Å². The maximum Gasteiger partial charge on any atom is 0.118 e. The highest BCUT2D eigenvalue weighted by Crippen LogP contribution is 2.31. The molecule has 0 bridgehead atoms. The summed E-state index contributed by atoms with van der Waals surface area (Å²) in [5.74, 6) is 0.913. The van der Waals surface area contributed by atoms with Crippen LogP contribution in [0.2, 0.25) is 0 Å². The number of ether oxygens (including phenoxy) is 1. The molecule has 2 aromatic rings. The van der Waals surface area contributed by atoms with E-state index < -0.39 is 0 Å². The Labute approximate surface area is 175 Å². The second-order valence-corrected chi connectivity index (χ2v) is 9.08. The van der Waals surface area contributed by atoms with Gasteiger partial charge in [0, 0.05) is 16.8 Å². The van der Waals surface area contributed by atoms with Gasteiger partial charge in [0.25, 0.3) is 0 Å². The van der Waals surface area contributed by atoms with Crippen LogP contribution in [-0.4, -0.2) is 18.2 Å². The quantitative estimate of drug-likeness (QED) is 0.646. The van der Waals surface area contributed by atoms with Gasteiger partial charge in [0.15, 0.2) is 0 Å². The summed E-state index contributed by atoms with van der Waals surface area (Å²) in [6.45, 7) is 0. The van der Waals surface area contributed by atoms with Gasteiger partial charge in [-0.3, -0.25) is 0 Å². The lowest BCUT2D eigenvalue weighted by atomic mass is 9.90. The Morgan fingerprint density at radius 2 is 1.07 bits per heavy atom. The number of hydrogen-bond acceptors (Lipinski definition) is 4. The minimum atomic E-state index is 0.0502. The molecule has 0 spiro atoms. The number of nitrogens with two attached hydrogens (primary N) is 3. The molecule has 0 amide bonds. The summed E-state index contributed by atoms with van der Waals surface area (Å²) in [6, 6.07) is 16.3. The zero-order chi connectivity index (χ0) is 20.7. The number of rotatable bonds is 5. The molecule has 4 heteroatoms. The van der Waals surface area contributed by atoms with Gasteiger partial charge in [0.1, 0.15) is 5.75 Å². The molecule has 0 saturated heterocycles. The Hall–Kier alpha value is -2.04. The Morgan fingerprint density at radius 1 is 0.690 bits per heavy atom. The molecule has 0 radical (unpaired) electrons. The zero-order valence-corrected chi connectivity index (χ0v) is 17.8. The number of methoxy groups -OCH3 is 1. The van der Waals surface area contributed by atoms with Gasteiger partial charge in [-0.2, -0.15) is 0 Å². The van der Waals surface area contributed by atoms with Gasteiger partial charge in [-0.1, -0.05) is 49.9 Å². The van der Waals surface area contributed by atoms with Crippen LogP contribution in [0.3, 0.4) is 0 Å². The Kier molecular flexibility index (Phi) is 7.20. The largest absolute Gasteiger partial charge is 0.497 e. The van der Waals surface area contributed by atoms with Gasteiger partial charge in [0.05, 0.1) is 7.11 Å². The minimum Gasteiger partial charge on any atom is -0.497 e. The van der Waals surface area contributed by atoms with E-state index in [9.17, 15) is 0 Å². The smallest absolute Gasteiger partial charge is 0.118 e. The third-order valence-electron chi connectivity index (χ3n) is 6.45. The zero-order valence-electron chi connectivity index (χ0n) is 17.8. The van der Waals surface area contributed by atoms with Crippen molar-refractivity contribution in [2.24, 2.45) is 11.5 Å². The number of benzene rings is 2. The molecule has 2 aliphatic rings. The molecule has 0 unspecified atom stereocenters. The lowest BCUT2D eigenvalue weighted by molar-refractivity contribution is 0.413. The lowest BCUT2D eigenvalue weighted by Crippen LogP contribution is -2.38. The minimum absolute atomic E-state index is 0.0502. The molecule has 2 aliphatic carbocycles. The maximum absolute atomic E-state index is 6.33. The van der Waals surface area contributed by atoms with E-state index in [1.807, 2.05) is 24.3 Å². The number of hydrogen-bond donors (Lipinski definition) is 3. The Bertz CT molecular complexity index is 743. The van der Waals surface area contributed by atoms with Crippen LogP contribution in [0.5, 0.6) is 5.75 Å². The standard InChI is InChI=1S/C13H19NO.C12H18N2/c1-15-12-6-4-11(5-7-12)10-13(14)8-2-3-9-13;13-11-5-3-10(4-6-11)9-12(14)7-1-2-8-12/h4-7H,2-3,8-10,14H2,1H3;3-6H,1-2,7-9,13-14H2. The second-order valence-electron chi connectivity index (χ2n) is 9.08. The fourth-order valence-electron chi connectivity index (χ4n) is 4.70. The predicted molar refractivity (Wildman–Crippen MR) is 122 cm³/mol. The average molecular weight is 396 g/mol. The van der Waals surface area contributed by atoms with Crippen LogP contribution in [-0.2, 0) is 12.8 Å². The third-order valence-corrected chi connectivity index (χ3v) is 6.45. The fraction of sp³-hybridized carbons (Fsp3) is 0.520. The van der Waals surface area contributed by atoms with Crippen molar-refractivity contribution in [2.75, 3.05) is 12.8 Å². The van der Waals surface area contributed by atoms with Gasteiger partial charge in [-0.15, -0.1) is 0 Å². The van der Waals surface area contributed by atoms with Gasteiger partial charge in [-0.05, 0) is 73.9 Å². The van der Waals surface area contributed by atoms with Crippen LogP contribution in [0.25, 0.3) is 0 Å². The summed E-state index contributed by atoms with van der Waals surface area (Å²) in [7, 11) is 1.69. The van der Waals surface area contributed by atoms with Crippen molar-refractivity contribution in [3.05, 3.63) is 59.7 Å². The highest BCUT2D eigenvalue weighted by molar-refractivity contribution is 5.39. The number of anilines is 1. The molecule has 29 heavy (non-hydrogen) atoms. The molecule has 4 rings (SSSR count). The first kappa shape index (κ1) is 21.7. The van der Waals surface area contributed by atoms with Crippen LogP contribution < -0.4 is 21.9 Å². The predicted octanol–water partition coefficient (Wildman–Crippen LogP) is 4.59. The van der Waals surface area contributed by atoms with Crippen molar-refractivity contribution in [3.63, 3.8) is 0 Å². The normalized spacial score (nSPS) is 19.4. The average Bonchev–Trinajstić information content (AvgIpc) is 3.33. The first-order chi connectivity index (χ1) is 13.9. The fourth-order valence-corrected chi connectivity index (χ4v) is 4.70. The van der Waals surface area contributed by atoms with Gasteiger partial charge < -0.3 is 21.9 Å². The van der Waals surface area contributed by atoms with E-state index in [4.69, 9.17) is 21.9 Å². The first-order valence-electron chi connectivity index (χ1n) is 10.9. The molecule has 2 saturated carbocycles. The van der Waals surface area contributed by atoms with E-state index in [0.717, 1.165) is 37.1 Å². The van der Waals surface area contributed by atoms with Crippen LogP contribution >= 0.6 is 0 Å². The summed E-state index contributed by atoms with van der Waals surface area (Å²) < 4.78 is 5.13. The van der Waals surface area contributed by atoms with E-state index in [0.29, 0.717) is 0 Å². The topological polar surface area (TPSA) is 87.3 Å². The van der Waals surface area contributed by atoms with Crippen LogP contribution in [0.15, 0.2) is 48.5 Å². The molecule has 0 aromatic heterocycles. The Balaban J connectivity index is 0.000000166. The molecule has 2 aromatic carbocycles. The summed E-state index contributed by atoms with van der Waals surface area (Å²) in [4.78, 5) is 0. The Morgan fingerprint density at radius 3 is 1.45 bits per heavy atom. The summed E-state index contributed by atoms with van der Waals surface area (Å²) >= 11 is 0. The molecule has 0 atom stereocenters. The highest BCUT2D eigenvalue weighted by atomic mass is 16.5. The molecule has 6 N–H and O–H groups in total. The van der Waals surface area contributed by atoms with Crippen molar-refractivity contribution < 1.29 is 4.74 Å². The van der Waals surface area contributed by atoms with Crippen molar-refractivity contribution in [2.45, 2.75) is 75.3 Å². The van der Waals surface area contributed by atoms with Gasteiger partial charge >= 0.3 is 0 Å². The van der Waals surface area contributed by atoms with E-state index in [1.54, 1.807) is 7.11 Å². The molecular weight excluding hydrogens is 358 g/mol. The summed E-state index contributed by atoms with van der Waals surface area (Å²) in [6.07, 6.45) is 11.8. The van der Waals surface area contributed by atoms with Crippen molar-refractivity contribution in [1.82, 2.24) is 0 Å². The van der Waals surface area contributed by atoms with E-state index in [2.05, 4.69) is 24.3 Å². The third kappa shape index (κ3) is 6.48. The van der Waals surface area contributed by atoms with E-state index in [-0.39, 0.29) is 11.1 Å². The monoisotopic (exact) mass is 395 g/mol. The highest BCUT2D eigenvalue weighted by Gasteiger charge is 2.29. The van der Waals surface area contributed by atoms with Crippen LogP contribution in [0, 0.1) is 0 Å². The van der Waals surface area contributed by atoms with E-state index in [1.165, 1.54) is 49.7 Å². The molecule has 0 aliphatic heterocycles. The SMILES string of the molecule is COc1ccc(CC2(N)CCCC2)cc1.Nc1ccc(CC2(N)CCCC2)cc1. The molecular formula is C25H37N3O. The van der Waals surface area contributed by atoms with Crippen LogP contribution in [0.1, 0.15) is 62.5 Å². The van der Waals surface area contributed by atoms with Gasteiger partial charge in [-0.25, -0.2) is 0 Å². The molecule has 158 valence electrons. The van der Waals surface area contributed by atoms with Crippen molar-refractivity contribution in [1.29, 1.82) is 0 Å². The molecule has 4 nitrogen and oxygen atoms in total. The molecule has 0 heterocycles. The first-order valence-corrected chi connectivity index (χ1v) is 10.9. The maximum atomic E-state index is 6.33. The van der Waals surface area contributed by atoms with Crippen LogP contribution in [0.4, 0.5) is 5.69 Å².